The van der Waals surface area contributed by atoms with Gasteiger partial charge in [0, 0.05) is 0 Å². The van der Waals surface area contributed by atoms with Crippen molar-refractivity contribution in [1.29, 1.82) is 0 Å². The molecule has 5 heteroatoms. The van der Waals surface area contributed by atoms with E-state index in [1.54, 1.807) is 0 Å². The van der Waals surface area contributed by atoms with Gasteiger partial charge in [0.15, 0.2) is 0 Å². The number of ether oxygens (including phenoxy) is 1. The van der Waals surface area contributed by atoms with E-state index in [1.165, 1.54) is 11.7 Å². The van der Waals surface area contributed by atoms with Crippen LogP contribution >= 0.6 is 19.4 Å². The second kappa shape index (κ2) is 4.42. The molecule has 0 amide bonds. The van der Waals surface area contributed by atoms with Gasteiger partial charge in [-0.05, 0) is 0 Å². The molecule has 50 valence electrons. The predicted octanol–water partition coefficient (Wildman–Crippen LogP) is 1.24. The van der Waals surface area contributed by atoms with E-state index in [0.717, 1.165) is 0 Å². The molecule has 0 saturated carbocycles. The molecule has 2 nitrogen and oxygen atoms in total. The summed E-state index contributed by atoms with van der Waals surface area (Å²) in [6.07, 6.45) is 0. The molecule has 0 heterocycles. The number of hydrogen-bond acceptors (Lipinski definition) is 2. The summed E-state index contributed by atoms with van der Waals surface area (Å²) in [6.45, 7) is 1.29. The Kier molecular flexibility index (Phi) is 4.73. The summed E-state index contributed by atoms with van der Waals surface area (Å²) in [5.74, 6) is -0.384. The number of hydrogen-bond donors (Lipinski definition) is 0. The predicted molar refractivity (Wildman–Crippen MR) is 29.5 cm³/mol. The zero-order valence-corrected chi connectivity index (χ0v) is 7.25. The monoisotopic (exact) mass is 244 g/mol. The zero-order valence-electron chi connectivity index (χ0n) is 4.00. The fourth-order valence-electron chi connectivity index (χ4n) is 0.0902. The Morgan fingerprint density at radius 2 is 2.25 bits per heavy atom. The van der Waals surface area contributed by atoms with Crippen molar-refractivity contribution in [2.45, 2.75) is 6.92 Å². The third-order valence-corrected chi connectivity index (χ3v) is 1.53. The number of esters is 1. The first-order valence-corrected chi connectivity index (χ1v) is 7.09. The van der Waals surface area contributed by atoms with E-state index >= 15 is 0 Å². The minimum atomic E-state index is -1.89. The summed E-state index contributed by atoms with van der Waals surface area (Å²) < 4.78 is 4.34. The maximum atomic E-state index is 10.0. The van der Waals surface area contributed by atoms with Crippen molar-refractivity contribution in [3.8, 4) is 0 Å². The van der Waals surface area contributed by atoms with Crippen LogP contribution in [0.5, 0.6) is 0 Å². The molecule has 0 saturated heterocycles. The summed E-state index contributed by atoms with van der Waals surface area (Å²) in [6, 6.07) is 0. The zero-order chi connectivity index (χ0) is 6.57. The summed E-state index contributed by atoms with van der Waals surface area (Å²) in [5.41, 5.74) is 0. The molecule has 0 aromatic rings. The molecule has 0 spiro atoms. The molecule has 0 aliphatic rings. The first-order valence-electron chi connectivity index (χ1n) is 1.62. The average molecular weight is 244 g/mol. The molecule has 0 aliphatic heterocycles. The van der Waals surface area contributed by atoms with Crippen molar-refractivity contribution in [3.05, 3.63) is 0 Å². The Bertz CT molecular complexity index is 118. The van der Waals surface area contributed by atoms with Gasteiger partial charge in [-0.2, -0.15) is 0 Å². The van der Waals surface area contributed by atoms with Crippen molar-refractivity contribution < 1.29 is 23.0 Å². The van der Waals surface area contributed by atoms with Gasteiger partial charge in [-0.25, -0.2) is 0 Å². The van der Waals surface area contributed by atoms with Crippen LogP contribution in [0.2, 0.25) is 0 Å². The normalized spacial score (nSPS) is 10.1. The Labute approximate surface area is 60.2 Å². The first-order chi connectivity index (χ1) is 3.63. The molecule has 0 unspecified atom stereocenters. The van der Waals surface area contributed by atoms with E-state index in [2.05, 4.69) is 4.74 Å². The van der Waals surface area contributed by atoms with E-state index in [9.17, 15) is 4.79 Å². The number of rotatable bonds is 1. The summed E-state index contributed by atoms with van der Waals surface area (Å²) in [4.78, 5) is 11.2. The fourth-order valence-corrected chi connectivity index (χ4v) is 0.906. The molecule has 0 rings (SSSR count). The van der Waals surface area contributed by atoms with Crippen LogP contribution in [0.25, 0.3) is 0 Å². The number of carbonyl (C=O) groups excluding carboxylic acids is 1. The Morgan fingerprint density at radius 3 is 2.38 bits per heavy atom. The van der Waals surface area contributed by atoms with Crippen LogP contribution in [0.1, 0.15) is 6.92 Å². The van der Waals surface area contributed by atoms with E-state index in [1.807, 2.05) is 0 Å². The van der Waals surface area contributed by atoms with Crippen LogP contribution in [0.15, 0.2) is 0 Å². The van der Waals surface area contributed by atoms with Gasteiger partial charge in [0.2, 0.25) is 0 Å². The van der Waals surface area contributed by atoms with Crippen LogP contribution in [0.3, 0.4) is 0 Å². The summed E-state index contributed by atoms with van der Waals surface area (Å²) >= 11 is -1.89. The quantitative estimate of drug-likeness (QED) is 0.512. The molecule has 0 aromatic carbocycles. The van der Waals surface area contributed by atoms with Gasteiger partial charge in [0.05, 0.1) is 0 Å². The van der Waals surface area contributed by atoms with Crippen molar-refractivity contribution in [3.63, 3.8) is 0 Å². The molecule has 0 N–H and O–H groups in total. The van der Waals surface area contributed by atoms with Crippen LogP contribution < -0.4 is 0 Å². The van der Waals surface area contributed by atoms with Gasteiger partial charge in [-0.15, -0.1) is 0 Å². The standard InChI is InChI=1S/C3H4O2.2ClH.Ru/c1-3(4)5-2;;;/h2H,1H3;2*1H;/q;;;+2/p-2. The van der Waals surface area contributed by atoms with Gasteiger partial charge >= 0.3 is 60.1 Å². The van der Waals surface area contributed by atoms with Gasteiger partial charge < -0.3 is 0 Å². The molecular weight excluding hydrogens is 240 g/mol. The molecule has 0 bridgehead atoms. The van der Waals surface area contributed by atoms with E-state index < -0.39 is 13.5 Å². The van der Waals surface area contributed by atoms with Crippen molar-refractivity contribution in [1.82, 2.24) is 0 Å². The van der Waals surface area contributed by atoms with Crippen molar-refractivity contribution >= 4 is 30.1 Å². The second-order valence-electron chi connectivity index (χ2n) is 0.898. The molecule has 0 radical (unpaired) electrons. The van der Waals surface area contributed by atoms with E-state index in [4.69, 9.17) is 19.4 Å². The van der Waals surface area contributed by atoms with Crippen LogP contribution in [-0.4, -0.2) is 10.8 Å². The molecule has 0 atom stereocenters. The van der Waals surface area contributed by atoms with Gasteiger partial charge in [0.25, 0.3) is 0 Å². The Balaban J connectivity index is 3.45. The third-order valence-electron chi connectivity index (χ3n) is 0.271. The molecular formula is C3H4Cl2O2Ru. The molecule has 0 aliphatic carbocycles. The van der Waals surface area contributed by atoms with E-state index in [-0.39, 0.29) is 5.97 Å². The molecule has 8 heavy (non-hydrogen) atoms. The van der Waals surface area contributed by atoms with Crippen LogP contribution in [0.4, 0.5) is 0 Å². The SMILES string of the molecule is CC(=O)O[CH]=[Ru]([Cl])[Cl]. The Hall–Kier alpha value is 0.543. The van der Waals surface area contributed by atoms with Crippen LogP contribution in [-0.2, 0) is 23.0 Å². The number of carbonyl (C=O) groups is 1. The topological polar surface area (TPSA) is 26.3 Å². The summed E-state index contributed by atoms with van der Waals surface area (Å²) in [5, 5.41) is 0. The molecule has 0 fully saturated rings. The van der Waals surface area contributed by atoms with Crippen molar-refractivity contribution in [2.24, 2.45) is 0 Å². The molecule has 0 aromatic heterocycles. The fraction of sp³-hybridized carbons (Fsp3) is 0.333. The van der Waals surface area contributed by atoms with Crippen LogP contribution in [0, 0.1) is 0 Å². The third kappa shape index (κ3) is 6.54. The first kappa shape index (κ1) is 8.54. The van der Waals surface area contributed by atoms with Gasteiger partial charge in [-0.3, -0.25) is 0 Å². The van der Waals surface area contributed by atoms with Gasteiger partial charge in [0.1, 0.15) is 0 Å². The van der Waals surface area contributed by atoms with E-state index in [0.29, 0.717) is 0 Å². The second-order valence-corrected chi connectivity index (χ2v) is 6.53. The average Bonchev–Trinajstić information content (AvgIpc) is 1.61. The summed E-state index contributed by atoms with van der Waals surface area (Å²) in [7, 11) is 10.6. The minimum absolute atomic E-state index is 0.384. The van der Waals surface area contributed by atoms with Gasteiger partial charge in [-0.1, -0.05) is 0 Å². The van der Waals surface area contributed by atoms with Crippen molar-refractivity contribution in [2.75, 3.05) is 0 Å². The Morgan fingerprint density at radius 1 is 1.75 bits per heavy atom. The number of halogens is 2. The maximum absolute atomic E-state index is 10.0.